The molecule has 2 aliphatic rings. The van der Waals surface area contributed by atoms with Crippen LogP contribution in [0.15, 0.2) is 12.1 Å². The number of aliphatic hydroxyl groups is 1. The fourth-order valence-corrected chi connectivity index (χ4v) is 4.04. The van der Waals surface area contributed by atoms with Crippen LogP contribution in [0.2, 0.25) is 0 Å². The number of hydrogen-bond donors (Lipinski definition) is 1. The maximum absolute atomic E-state index is 13.7. The average molecular weight is 288 g/mol. The number of aliphatic hydroxyl groups excluding tert-OH is 1. The van der Waals surface area contributed by atoms with Crippen LogP contribution in [0, 0.1) is 23.5 Å². The van der Waals surface area contributed by atoms with Crippen LogP contribution >= 0.6 is 0 Å². The maximum atomic E-state index is 13.7. The highest BCUT2D eigenvalue weighted by molar-refractivity contribution is 5.34. The molecule has 1 aromatic carbocycles. The van der Waals surface area contributed by atoms with Crippen molar-refractivity contribution in [3.8, 4) is 0 Å². The van der Waals surface area contributed by atoms with Gasteiger partial charge in [-0.05, 0) is 42.7 Å². The van der Waals surface area contributed by atoms with E-state index in [2.05, 4.69) is 0 Å². The van der Waals surface area contributed by atoms with E-state index in [1.54, 1.807) is 0 Å². The molecule has 0 spiro atoms. The Morgan fingerprint density at radius 1 is 1.15 bits per heavy atom. The van der Waals surface area contributed by atoms with Gasteiger partial charge in [0.25, 0.3) is 5.92 Å². The first-order valence-corrected chi connectivity index (χ1v) is 6.91. The van der Waals surface area contributed by atoms with Crippen molar-refractivity contribution >= 4 is 0 Å². The first-order chi connectivity index (χ1) is 9.45. The minimum absolute atomic E-state index is 0.0779. The van der Waals surface area contributed by atoms with Crippen molar-refractivity contribution in [1.82, 2.24) is 0 Å². The van der Waals surface area contributed by atoms with Gasteiger partial charge in [0.1, 0.15) is 0 Å². The van der Waals surface area contributed by atoms with E-state index in [1.807, 2.05) is 0 Å². The quantitative estimate of drug-likeness (QED) is 0.816. The molecule has 0 heterocycles. The van der Waals surface area contributed by atoms with Crippen LogP contribution in [0.3, 0.4) is 0 Å². The molecule has 1 N–H and O–H groups in total. The van der Waals surface area contributed by atoms with Gasteiger partial charge in [-0.2, -0.15) is 0 Å². The Kier molecular flexibility index (Phi) is 3.27. The third kappa shape index (κ3) is 1.94. The van der Waals surface area contributed by atoms with Gasteiger partial charge in [-0.25, -0.2) is 17.6 Å². The summed E-state index contributed by atoms with van der Waals surface area (Å²) in [7, 11) is 0. The van der Waals surface area contributed by atoms with Crippen LogP contribution in [0.5, 0.6) is 0 Å². The minimum atomic E-state index is -2.64. The zero-order chi connectivity index (χ0) is 14.5. The van der Waals surface area contributed by atoms with Crippen molar-refractivity contribution in [1.29, 1.82) is 0 Å². The lowest BCUT2D eigenvalue weighted by Crippen LogP contribution is -2.23. The summed E-state index contributed by atoms with van der Waals surface area (Å²) in [4.78, 5) is 0. The summed E-state index contributed by atoms with van der Waals surface area (Å²) in [5.41, 5.74) is 0.419. The van der Waals surface area contributed by atoms with E-state index in [9.17, 15) is 22.7 Å². The minimum Gasteiger partial charge on any atom is -0.392 e. The van der Waals surface area contributed by atoms with Crippen LogP contribution in [0.4, 0.5) is 17.6 Å². The van der Waals surface area contributed by atoms with E-state index < -0.39 is 30.1 Å². The predicted octanol–water partition coefficient (Wildman–Crippen LogP) is 4.00. The van der Waals surface area contributed by atoms with Gasteiger partial charge in [-0.1, -0.05) is 6.07 Å². The average Bonchev–Trinajstić information content (AvgIpc) is 2.95. The Hall–Kier alpha value is -1.10. The van der Waals surface area contributed by atoms with E-state index in [0.717, 1.165) is 6.07 Å². The number of alkyl halides is 2. The lowest BCUT2D eigenvalue weighted by Gasteiger charge is -2.22. The zero-order valence-corrected chi connectivity index (χ0v) is 10.9. The summed E-state index contributed by atoms with van der Waals surface area (Å²) < 4.78 is 54.4. The SMILES string of the molecule is OCc1c(C2CC[C@H]3[C@@H]2CCC3(F)F)ccc(F)c1F. The summed E-state index contributed by atoms with van der Waals surface area (Å²) in [5, 5.41) is 9.27. The van der Waals surface area contributed by atoms with Crippen LogP contribution in [0.1, 0.15) is 42.7 Å². The third-order valence-electron chi connectivity index (χ3n) is 4.97. The van der Waals surface area contributed by atoms with Crippen molar-refractivity contribution in [2.75, 3.05) is 0 Å². The van der Waals surface area contributed by atoms with Gasteiger partial charge in [0.15, 0.2) is 11.6 Å². The molecule has 0 amide bonds. The van der Waals surface area contributed by atoms with Gasteiger partial charge in [-0.15, -0.1) is 0 Å². The van der Waals surface area contributed by atoms with Gasteiger partial charge in [0, 0.05) is 17.9 Å². The smallest absolute Gasteiger partial charge is 0.251 e. The largest absolute Gasteiger partial charge is 0.392 e. The summed E-state index contributed by atoms with van der Waals surface area (Å²) in [5.74, 6) is -5.77. The van der Waals surface area contributed by atoms with E-state index in [4.69, 9.17) is 0 Å². The molecule has 1 nitrogen and oxygen atoms in total. The molecule has 0 aromatic heterocycles. The molecule has 0 radical (unpaired) electrons. The molecule has 1 aromatic rings. The molecule has 3 rings (SSSR count). The van der Waals surface area contributed by atoms with Crippen LogP contribution in [-0.2, 0) is 6.61 Å². The van der Waals surface area contributed by atoms with Crippen LogP contribution in [0.25, 0.3) is 0 Å². The standard InChI is InChI=1S/C15H16F4O/c16-13-4-2-9(11(7-20)14(13)17)8-1-3-12-10(8)5-6-15(12,18)19/h2,4,8,10,12,20H,1,3,5-7H2/t8?,10-,12+/m1/s1. The van der Waals surface area contributed by atoms with Gasteiger partial charge < -0.3 is 5.11 Å². The first-order valence-electron chi connectivity index (χ1n) is 6.91. The fraction of sp³-hybridized carbons (Fsp3) is 0.600. The molecule has 1 unspecified atom stereocenters. The van der Waals surface area contributed by atoms with Crippen molar-refractivity contribution in [3.05, 3.63) is 34.9 Å². The fourth-order valence-electron chi connectivity index (χ4n) is 4.04. The molecule has 0 bridgehead atoms. The molecular weight excluding hydrogens is 272 g/mol. The Labute approximate surface area is 114 Å². The lowest BCUT2D eigenvalue weighted by molar-refractivity contribution is -0.0409. The van der Waals surface area contributed by atoms with Gasteiger partial charge in [-0.3, -0.25) is 0 Å². The maximum Gasteiger partial charge on any atom is 0.251 e. The Morgan fingerprint density at radius 3 is 2.60 bits per heavy atom. The Balaban J connectivity index is 1.97. The van der Waals surface area contributed by atoms with E-state index in [1.165, 1.54) is 6.07 Å². The molecule has 2 fully saturated rings. The number of fused-ring (bicyclic) bond motifs is 1. The normalized spacial score (nSPS) is 31.6. The molecule has 0 aliphatic heterocycles. The number of benzene rings is 1. The van der Waals surface area contributed by atoms with Crippen molar-refractivity contribution in [3.63, 3.8) is 0 Å². The van der Waals surface area contributed by atoms with Gasteiger partial charge >= 0.3 is 0 Å². The Morgan fingerprint density at radius 2 is 1.90 bits per heavy atom. The van der Waals surface area contributed by atoms with E-state index in [-0.39, 0.29) is 23.8 Å². The second kappa shape index (κ2) is 4.72. The Bertz CT molecular complexity index is 529. The van der Waals surface area contributed by atoms with Crippen molar-refractivity contribution in [2.45, 2.75) is 44.1 Å². The van der Waals surface area contributed by atoms with E-state index in [0.29, 0.717) is 24.8 Å². The van der Waals surface area contributed by atoms with Crippen molar-refractivity contribution < 1.29 is 22.7 Å². The second-order valence-electron chi connectivity index (χ2n) is 5.84. The van der Waals surface area contributed by atoms with Crippen molar-refractivity contribution in [2.24, 2.45) is 11.8 Å². The molecular formula is C15H16F4O. The molecule has 2 saturated carbocycles. The summed E-state index contributed by atoms with van der Waals surface area (Å²) in [6.07, 6.45) is 1.23. The first kappa shape index (κ1) is 13.9. The second-order valence-corrected chi connectivity index (χ2v) is 5.84. The van der Waals surface area contributed by atoms with Gasteiger partial charge in [0.05, 0.1) is 6.61 Å². The number of rotatable bonds is 2. The highest BCUT2D eigenvalue weighted by atomic mass is 19.3. The monoisotopic (exact) mass is 288 g/mol. The van der Waals surface area contributed by atoms with E-state index >= 15 is 0 Å². The summed E-state index contributed by atoms with van der Waals surface area (Å²) >= 11 is 0. The highest BCUT2D eigenvalue weighted by Gasteiger charge is 2.55. The number of halogens is 4. The van der Waals surface area contributed by atoms with Gasteiger partial charge in [0.2, 0.25) is 0 Å². The summed E-state index contributed by atoms with van der Waals surface area (Å²) in [6, 6.07) is 2.46. The summed E-state index contributed by atoms with van der Waals surface area (Å²) in [6.45, 7) is -0.608. The molecule has 5 heteroatoms. The zero-order valence-electron chi connectivity index (χ0n) is 10.9. The third-order valence-corrected chi connectivity index (χ3v) is 4.97. The predicted molar refractivity (Wildman–Crippen MR) is 65.4 cm³/mol. The highest BCUT2D eigenvalue weighted by Crippen LogP contribution is 2.58. The molecule has 0 saturated heterocycles. The van der Waals surface area contributed by atoms with Crippen LogP contribution < -0.4 is 0 Å². The molecule has 110 valence electrons. The molecule has 2 aliphatic carbocycles. The topological polar surface area (TPSA) is 20.2 Å². The molecule has 3 atom stereocenters. The molecule has 20 heavy (non-hydrogen) atoms. The lowest BCUT2D eigenvalue weighted by atomic mass is 9.84. The van der Waals surface area contributed by atoms with Crippen LogP contribution in [-0.4, -0.2) is 11.0 Å². The number of hydrogen-bond acceptors (Lipinski definition) is 1.